The van der Waals surface area contributed by atoms with Crippen molar-refractivity contribution in [2.45, 2.75) is 0 Å². The minimum atomic E-state index is -1.19. The molecule has 0 unspecified atom stereocenters. The minimum absolute atomic E-state index is 1.19. The fourth-order valence-electron chi connectivity index (χ4n) is 0.0367. The van der Waals surface area contributed by atoms with Crippen LogP contribution in [-0.4, -0.2) is 6.09 Å². The van der Waals surface area contributed by atoms with E-state index in [4.69, 9.17) is 4.91 Å². The number of nitrogens with two attached hydrogens (primary N) is 1. The predicted octanol–water partition coefficient (Wildman–Crippen LogP) is -0.237. The summed E-state index contributed by atoms with van der Waals surface area (Å²) in [7, 11) is 0. The quantitative estimate of drug-likeness (QED) is 0.356. The SMILES string of the molecule is NC(=O)ON=O. The Balaban J connectivity index is 3.05. The van der Waals surface area contributed by atoms with E-state index < -0.39 is 6.09 Å². The van der Waals surface area contributed by atoms with Gasteiger partial charge in [-0.05, 0) is 0 Å². The smallest absolute Gasteiger partial charge is 0.333 e. The fraction of sp³-hybridized carbons (Fsp3) is 0. The number of hydrogen-bond acceptors (Lipinski definition) is 4. The van der Waals surface area contributed by atoms with Gasteiger partial charge in [0.2, 0.25) is 0 Å². The molecular weight excluding hydrogens is 88.0 g/mol. The summed E-state index contributed by atoms with van der Waals surface area (Å²) < 4.78 is 0. The highest BCUT2D eigenvalue weighted by Gasteiger charge is 1.85. The highest BCUT2D eigenvalue weighted by Crippen LogP contribution is 1.66. The number of hydrogen-bond donors (Lipinski definition) is 1. The van der Waals surface area contributed by atoms with Crippen LogP contribution >= 0.6 is 0 Å². The Labute approximate surface area is 33.0 Å². The molecule has 34 valence electrons. The summed E-state index contributed by atoms with van der Waals surface area (Å²) in [6, 6.07) is 0. The molecule has 0 aromatic heterocycles. The van der Waals surface area contributed by atoms with E-state index in [-0.39, 0.29) is 0 Å². The lowest BCUT2D eigenvalue weighted by atomic mass is 11.3. The maximum absolute atomic E-state index is 9.31. The van der Waals surface area contributed by atoms with Crippen LogP contribution in [0.15, 0.2) is 5.34 Å². The molecule has 6 heavy (non-hydrogen) atoms. The third kappa shape index (κ3) is 2.87. The van der Waals surface area contributed by atoms with Gasteiger partial charge in [-0.3, -0.25) is 4.84 Å². The molecule has 0 saturated carbocycles. The van der Waals surface area contributed by atoms with Crippen LogP contribution < -0.4 is 5.73 Å². The molecule has 0 aromatic rings. The number of rotatable bonds is 1. The van der Waals surface area contributed by atoms with Crippen molar-refractivity contribution in [2.24, 2.45) is 11.1 Å². The zero-order chi connectivity index (χ0) is 4.99. The van der Waals surface area contributed by atoms with Crippen molar-refractivity contribution in [3.63, 3.8) is 0 Å². The Bertz CT molecular complexity index is 69.2. The fourth-order valence-corrected chi connectivity index (χ4v) is 0.0367. The van der Waals surface area contributed by atoms with Gasteiger partial charge in [0.1, 0.15) is 0 Å². The average molecular weight is 90.0 g/mol. The highest BCUT2D eigenvalue weighted by molar-refractivity contribution is 5.64. The Hall–Kier alpha value is -1.13. The largest absolute Gasteiger partial charge is 0.433 e. The van der Waals surface area contributed by atoms with Gasteiger partial charge in [-0.25, -0.2) is 4.79 Å². The van der Waals surface area contributed by atoms with Gasteiger partial charge in [-0.15, -0.1) is 4.91 Å². The predicted molar refractivity (Wildman–Crippen MR) is 16.5 cm³/mol. The molecule has 2 N–H and O–H groups in total. The van der Waals surface area contributed by atoms with E-state index in [0.717, 1.165) is 0 Å². The molecule has 0 aliphatic heterocycles. The third-order valence-electron chi connectivity index (χ3n) is 0.127. The van der Waals surface area contributed by atoms with Gasteiger partial charge in [-0.2, -0.15) is 0 Å². The Morgan fingerprint density at radius 1 is 1.83 bits per heavy atom. The lowest BCUT2D eigenvalue weighted by Crippen LogP contribution is -2.08. The first-order chi connectivity index (χ1) is 2.77. The maximum atomic E-state index is 9.31. The zero-order valence-electron chi connectivity index (χ0n) is 2.75. The molecule has 1 amide bonds. The second-order valence-electron chi connectivity index (χ2n) is 0.485. The number of carbonyl (C=O) groups excluding carboxylic acids is 1. The lowest BCUT2D eigenvalue weighted by Gasteiger charge is -1.75. The van der Waals surface area contributed by atoms with Crippen LogP contribution in [0.4, 0.5) is 4.79 Å². The lowest BCUT2D eigenvalue weighted by molar-refractivity contribution is 0.159. The van der Waals surface area contributed by atoms with E-state index in [2.05, 4.69) is 10.6 Å². The normalized spacial score (nSPS) is 6.67. The molecule has 0 aliphatic carbocycles. The van der Waals surface area contributed by atoms with E-state index in [1.165, 1.54) is 0 Å². The molecule has 0 spiro atoms. The summed E-state index contributed by atoms with van der Waals surface area (Å²) in [5, 5.41) is 1.71. The van der Waals surface area contributed by atoms with Gasteiger partial charge in [0, 0.05) is 0 Å². The minimum Gasteiger partial charge on any atom is -0.333 e. The summed E-state index contributed by atoms with van der Waals surface area (Å²) in [5.41, 5.74) is 4.25. The van der Waals surface area contributed by atoms with Crippen LogP contribution in [0.2, 0.25) is 0 Å². The van der Waals surface area contributed by atoms with Gasteiger partial charge in [0.15, 0.2) is 5.34 Å². The first kappa shape index (κ1) is 4.87. The van der Waals surface area contributed by atoms with Crippen molar-refractivity contribution >= 4 is 6.09 Å². The monoisotopic (exact) mass is 90.0 g/mol. The topological polar surface area (TPSA) is 81.8 Å². The summed E-state index contributed by atoms with van der Waals surface area (Å²) >= 11 is 0. The van der Waals surface area contributed by atoms with Crippen LogP contribution in [0.25, 0.3) is 0 Å². The second-order valence-corrected chi connectivity index (χ2v) is 0.485. The molecule has 0 rings (SSSR count). The number of amides is 1. The third-order valence-corrected chi connectivity index (χ3v) is 0.127. The van der Waals surface area contributed by atoms with Gasteiger partial charge in [0.25, 0.3) is 0 Å². The first-order valence-corrected chi connectivity index (χ1v) is 1.06. The Morgan fingerprint density at radius 2 is 2.33 bits per heavy atom. The van der Waals surface area contributed by atoms with Crippen molar-refractivity contribution in [3.8, 4) is 0 Å². The van der Waals surface area contributed by atoms with Crippen LogP contribution in [0.5, 0.6) is 0 Å². The first-order valence-electron chi connectivity index (χ1n) is 1.06. The molecule has 5 heteroatoms. The van der Waals surface area contributed by atoms with Crippen molar-refractivity contribution in [1.82, 2.24) is 0 Å². The van der Waals surface area contributed by atoms with E-state index in [1.807, 2.05) is 0 Å². The molecule has 5 nitrogen and oxygen atoms in total. The maximum Gasteiger partial charge on any atom is 0.433 e. The van der Waals surface area contributed by atoms with E-state index in [9.17, 15) is 4.79 Å². The molecular formula is CH2N2O3. The van der Waals surface area contributed by atoms with Crippen molar-refractivity contribution in [1.29, 1.82) is 0 Å². The molecule has 0 fully saturated rings. The number of primary amides is 1. The van der Waals surface area contributed by atoms with Gasteiger partial charge in [-0.1, -0.05) is 0 Å². The Morgan fingerprint density at radius 3 is 2.33 bits per heavy atom. The van der Waals surface area contributed by atoms with Crippen LogP contribution in [-0.2, 0) is 4.84 Å². The summed E-state index contributed by atoms with van der Waals surface area (Å²) in [5.74, 6) is 0. The van der Waals surface area contributed by atoms with Crippen molar-refractivity contribution in [3.05, 3.63) is 4.91 Å². The summed E-state index contributed by atoms with van der Waals surface area (Å²) in [4.78, 5) is 21.4. The molecule has 0 atom stereocenters. The second kappa shape index (κ2) is 2.13. The van der Waals surface area contributed by atoms with E-state index in [1.54, 1.807) is 5.34 Å². The van der Waals surface area contributed by atoms with Gasteiger partial charge in [0.05, 0.1) is 0 Å². The van der Waals surface area contributed by atoms with Crippen LogP contribution in [0.1, 0.15) is 0 Å². The van der Waals surface area contributed by atoms with Crippen molar-refractivity contribution < 1.29 is 9.63 Å². The molecule has 0 aromatic carbocycles. The molecule has 0 aliphatic rings. The molecule has 0 radical (unpaired) electrons. The summed E-state index contributed by atoms with van der Waals surface area (Å²) in [6.45, 7) is 0. The standard InChI is InChI=1S/CH2N2O3/c2-1(4)6-3-5/h(H2,2,4). The zero-order valence-corrected chi connectivity index (χ0v) is 2.75. The van der Waals surface area contributed by atoms with E-state index in [0.29, 0.717) is 0 Å². The molecule has 0 bridgehead atoms. The molecule has 0 saturated heterocycles. The van der Waals surface area contributed by atoms with Gasteiger partial charge < -0.3 is 5.73 Å². The Kier molecular flexibility index (Phi) is 1.73. The van der Waals surface area contributed by atoms with Crippen LogP contribution in [0, 0.1) is 4.91 Å². The van der Waals surface area contributed by atoms with E-state index >= 15 is 0 Å². The van der Waals surface area contributed by atoms with Crippen LogP contribution in [0.3, 0.4) is 0 Å². The number of carbonyl (C=O) groups is 1. The number of nitrogens with zero attached hydrogens (tertiary/aromatic N) is 1. The highest BCUT2D eigenvalue weighted by atomic mass is 16.8. The van der Waals surface area contributed by atoms with Crippen molar-refractivity contribution in [2.75, 3.05) is 0 Å². The summed E-state index contributed by atoms with van der Waals surface area (Å²) in [6.07, 6.45) is -1.19. The molecule has 0 heterocycles. The average Bonchev–Trinajstić information content (AvgIpc) is 1.35. The van der Waals surface area contributed by atoms with Gasteiger partial charge >= 0.3 is 6.09 Å².